The molecular weight excluding hydrogens is 350 g/mol. The quantitative estimate of drug-likeness (QED) is 0.335. The van der Waals surface area contributed by atoms with Crippen LogP contribution in [0.3, 0.4) is 0 Å². The van der Waals surface area contributed by atoms with Crippen LogP contribution in [0.4, 0.5) is 0 Å². The monoisotopic (exact) mass is 369 g/mol. The minimum Gasteiger partial charge on any atom is -0.255 e. The lowest BCUT2D eigenvalue weighted by Gasteiger charge is -2.34. The molecule has 0 radical (unpaired) electrons. The highest BCUT2D eigenvalue weighted by Crippen LogP contribution is 2.57. The number of rotatable bonds is 2. The summed E-state index contributed by atoms with van der Waals surface area (Å²) in [6.45, 7) is 0. The Bertz CT molecular complexity index is 1300. The van der Waals surface area contributed by atoms with Gasteiger partial charge >= 0.3 is 0 Å². The van der Waals surface area contributed by atoms with Crippen LogP contribution in [0.25, 0.3) is 22.0 Å². The average molecular weight is 369 g/mol. The molecule has 0 amide bonds. The van der Waals surface area contributed by atoms with Crippen LogP contribution in [0.2, 0.25) is 0 Å². The smallest absolute Gasteiger partial charge is 0.0759 e. The van der Waals surface area contributed by atoms with E-state index in [1.54, 1.807) is 0 Å². The fraction of sp³-hybridized carbons (Fsp3) is 0.0357. The highest BCUT2D eigenvalue weighted by Gasteiger charge is 2.47. The zero-order valence-electron chi connectivity index (χ0n) is 15.9. The van der Waals surface area contributed by atoms with Gasteiger partial charge in [0.25, 0.3) is 0 Å². The van der Waals surface area contributed by atoms with Gasteiger partial charge in [-0.3, -0.25) is 4.98 Å². The standard InChI is InChI=1S/C28H19N/c1-3-12-21(13-4-1)28(22-14-5-2-6-15-22)25-18-10-9-17-24(25)27-26(28)23-16-8-7-11-20(23)19-29-27/h1-19H. The summed E-state index contributed by atoms with van der Waals surface area (Å²) in [5.74, 6) is 0. The van der Waals surface area contributed by atoms with E-state index in [1.165, 1.54) is 38.6 Å². The Morgan fingerprint density at radius 3 is 1.86 bits per heavy atom. The van der Waals surface area contributed by atoms with Crippen LogP contribution in [0.5, 0.6) is 0 Å². The third kappa shape index (κ3) is 2.13. The number of fused-ring (bicyclic) bond motifs is 5. The maximum atomic E-state index is 4.98. The van der Waals surface area contributed by atoms with Crippen LogP contribution in [0, 0.1) is 0 Å². The maximum Gasteiger partial charge on any atom is 0.0759 e. The van der Waals surface area contributed by atoms with Crippen molar-refractivity contribution in [1.82, 2.24) is 4.98 Å². The van der Waals surface area contributed by atoms with Gasteiger partial charge in [0.15, 0.2) is 0 Å². The Morgan fingerprint density at radius 1 is 0.552 bits per heavy atom. The lowest BCUT2D eigenvalue weighted by atomic mass is 9.67. The van der Waals surface area contributed by atoms with E-state index >= 15 is 0 Å². The van der Waals surface area contributed by atoms with Crippen LogP contribution in [-0.4, -0.2) is 4.98 Å². The average Bonchev–Trinajstić information content (AvgIpc) is 3.12. The second-order valence-corrected chi connectivity index (χ2v) is 7.60. The largest absolute Gasteiger partial charge is 0.255 e. The minimum absolute atomic E-state index is 0.387. The Kier molecular flexibility index (Phi) is 3.45. The van der Waals surface area contributed by atoms with Gasteiger partial charge in [-0.1, -0.05) is 109 Å². The normalized spacial score (nSPS) is 13.8. The summed E-state index contributed by atoms with van der Waals surface area (Å²) in [4.78, 5) is 4.98. The molecule has 29 heavy (non-hydrogen) atoms. The van der Waals surface area contributed by atoms with Gasteiger partial charge in [-0.05, 0) is 22.1 Å². The van der Waals surface area contributed by atoms with Crippen molar-refractivity contribution in [2.24, 2.45) is 0 Å². The van der Waals surface area contributed by atoms with Gasteiger partial charge in [-0.25, -0.2) is 0 Å². The molecule has 5 aromatic rings. The molecule has 0 aliphatic heterocycles. The van der Waals surface area contributed by atoms with Gasteiger partial charge in [0.1, 0.15) is 0 Å². The molecule has 0 atom stereocenters. The molecule has 136 valence electrons. The van der Waals surface area contributed by atoms with E-state index in [-0.39, 0.29) is 5.41 Å². The van der Waals surface area contributed by atoms with Crippen molar-refractivity contribution in [2.75, 3.05) is 0 Å². The van der Waals surface area contributed by atoms with Crippen molar-refractivity contribution in [1.29, 1.82) is 0 Å². The number of pyridine rings is 1. The summed E-state index contributed by atoms with van der Waals surface area (Å²) in [5.41, 5.74) is 7.06. The second-order valence-electron chi connectivity index (χ2n) is 7.60. The van der Waals surface area contributed by atoms with Gasteiger partial charge in [-0.2, -0.15) is 0 Å². The summed E-state index contributed by atoms with van der Waals surface area (Å²) >= 11 is 0. The SMILES string of the molecule is c1ccc(C2(c3ccccc3)c3ccccc3-c3ncc4ccccc4c32)cc1. The molecule has 1 nitrogen and oxygen atoms in total. The topological polar surface area (TPSA) is 12.9 Å². The first-order valence-corrected chi connectivity index (χ1v) is 10.00. The van der Waals surface area contributed by atoms with Crippen molar-refractivity contribution >= 4 is 10.8 Å². The molecule has 4 aromatic carbocycles. The fourth-order valence-corrected chi connectivity index (χ4v) is 5.04. The number of benzene rings is 4. The van der Waals surface area contributed by atoms with Crippen molar-refractivity contribution < 1.29 is 0 Å². The van der Waals surface area contributed by atoms with Gasteiger partial charge < -0.3 is 0 Å². The minimum atomic E-state index is -0.387. The Morgan fingerprint density at radius 2 is 1.14 bits per heavy atom. The zero-order valence-corrected chi connectivity index (χ0v) is 15.9. The molecule has 1 heterocycles. The van der Waals surface area contributed by atoms with Gasteiger partial charge in [0.2, 0.25) is 0 Å². The van der Waals surface area contributed by atoms with E-state index in [0.29, 0.717) is 0 Å². The summed E-state index contributed by atoms with van der Waals surface area (Å²) in [6.07, 6.45) is 2.01. The molecule has 0 bridgehead atoms. The first kappa shape index (κ1) is 16.3. The molecule has 0 fully saturated rings. The van der Waals surface area contributed by atoms with E-state index in [9.17, 15) is 0 Å². The molecule has 1 aromatic heterocycles. The van der Waals surface area contributed by atoms with Crippen molar-refractivity contribution in [3.8, 4) is 11.3 Å². The highest BCUT2D eigenvalue weighted by atomic mass is 14.7. The zero-order chi connectivity index (χ0) is 19.3. The molecule has 0 saturated heterocycles. The number of aromatic nitrogens is 1. The van der Waals surface area contributed by atoms with E-state index in [0.717, 1.165) is 5.69 Å². The predicted octanol–water partition coefficient (Wildman–Crippen LogP) is 6.60. The van der Waals surface area contributed by atoms with Gasteiger partial charge in [0.05, 0.1) is 11.1 Å². The summed E-state index contributed by atoms with van der Waals surface area (Å²) in [7, 11) is 0. The lowest BCUT2D eigenvalue weighted by Crippen LogP contribution is -2.28. The number of hydrogen-bond acceptors (Lipinski definition) is 1. The van der Waals surface area contributed by atoms with Crippen LogP contribution >= 0.6 is 0 Å². The lowest BCUT2D eigenvalue weighted by molar-refractivity contribution is 0.774. The first-order valence-electron chi connectivity index (χ1n) is 10.00. The molecule has 1 aliphatic carbocycles. The van der Waals surface area contributed by atoms with E-state index < -0.39 is 0 Å². The highest BCUT2D eigenvalue weighted by molar-refractivity contribution is 5.98. The molecule has 1 aliphatic rings. The molecule has 0 spiro atoms. The Labute approximate surface area is 170 Å². The molecule has 0 unspecified atom stereocenters. The van der Waals surface area contributed by atoms with Crippen molar-refractivity contribution in [3.05, 3.63) is 138 Å². The summed E-state index contributed by atoms with van der Waals surface area (Å²) < 4.78 is 0. The molecule has 6 rings (SSSR count). The first-order chi connectivity index (χ1) is 14.4. The summed E-state index contributed by atoms with van der Waals surface area (Å²) in [6, 6.07) is 39.1. The second kappa shape index (κ2) is 6.15. The van der Waals surface area contributed by atoms with E-state index in [4.69, 9.17) is 4.98 Å². The van der Waals surface area contributed by atoms with Gasteiger partial charge in [-0.15, -0.1) is 0 Å². The van der Waals surface area contributed by atoms with Crippen LogP contribution in [0.15, 0.2) is 115 Å². The third-order valence-electron chi connectivity index (χ3n) is 6.17. The van der Waals surface area contributed by atoms with Crippen LogP contribution < -0.4 is 0 Å². The van der Waals surface area contributed by atoms with E-state index in [1.807, 2.05) is 6.20 Å². The molecule has 0 saturated carbocycles. The molecule has 1 heteroatoms. The van der Waals surface area contributed by atoms with E-state index in [2.05, 4.69) is 109 Å². The Hall–Kier alpha value is -3.71. The third-order valence-corrected chi connectivity index (χ3v) is 6.17. The number of nitrogens with zero attached hydrogens (tertiary/aromatic N) is 1. The van der Waals surface area contributed by atoms with Crippen LogP contribution in [0.1, 0.15) is 22.3 Å². The maximum absolute atomic E-state index is 4.98. The van der Waals surface area contributed by atoms with Crippen LogP contribution in [-0.2, 0) is 5.41 Å². The summed E-state index contributed by atoms with van der Waals surface area (Å²) in [5, 5.41) is 2.44. The number of hydrogen-bond donors (Lipinski definition) is 0. The Balaban J connectivity index is 1.88. The molecule has 0 N–H and O–H groups in total. The van der Waals surface area contributed by atoms with Gasteiger partial charge in [0, 0.05) is 22.7 Å². The van der Waals surface area contributed by atoms with Crippen molar-refractivity contribution in [3.63, 3.8) is 0 Å². The van der Waals surface area contributed by atoms with Crippen molar-refractivity contribution in [2.45, 2.75) is 5.41 Å². The molecular formula is C28H19N. The predicted molar refractivity (Wildman–Crippen MR) is 119 cm³/mol. The fourth-order valence-electron chi connectivity index (χ4n) is 5.04.